The molecule has 2 N–H and O–H groups in total. The molecule has 13 heavy (non-hydrogen) atoms. The van der Waals surface area contributed by atoms with Gasteiger partial charge in [-0.2, -0.15) is 0 Å². The third kappa shape index (κ3) is 4.10. The van der Waals surface area contributed by atoms with Crippen molar-refractivity contribution in [1.29, 1.82) is 0 Å². The minimum atomic E-state index is 0.662. The Hall–Kier alpha value is -0.0800. The van der Waals surface area contributed by atoms with Crippen LogP contribution >= 0.6 is 0 Å². The summed E-state index contributed by atoms with van der Waals surface area (Å²) in [4.78, 5) is 0. The first-order chi connectivity index (χ1) is 6.20. The van der Waals surface area contributed by atoms with E-state index >= 15 is 0 Å². The molecule has 1 saturated heterocycles. The van der Waals surface area contributed by atoms with E-state index < -0.39 is 0 Å². The van der Waals surface area contributed by atoms with E-state index in [1.165, 1.54) is 32.5 Å². The van der Waals surface area contributed by atoms with E-state index in [2.05, 4.69) is 31.4 Å². The summed E-state index contributed by atoms with van der Waals surface area (Å²) in [6.07, 6.45) is 2.69. The Morgan fingerprint density at radius 1 is 1.23 bits per heavy atom. The molecule has 0 radical (unpaired) electrons. The second-order valence-electron chi connectivity index (χ2n) is 4.63. The Morgan fingerprint density at radius 2 is 1.85 bits per heavy atom. The lowest BCUT2D eigenvalue weighted by Crippen LogP contribution is -2.38. The normalized spacial score (nSPS) is 22.2. The van der Waals surface area contributed by atoms with Crippen molar-refractivity contribution in [3.8, 4) is 0 Å². The first-order valence-corrected chi connectivity index (χ1v) is 5.64. The second kappa shape index (κ2) is 5.61. The van der Waals surface area contributed by atoms with E-state index in [0.717, 1.165) is 11.8 Å². The van der Waals surface area contributed by atoms with Gasteiger partial charge in [-0.05, 0) is 51.2 Å². The highest BCUT2D eigenvalue weighted by Gasteiger charge is 2.14. The van der Waals surface area contributed by atoms with Crippen LogP contribution in [-0.2, 0) is 0 Å². The molecule has 0 aromatic heterocycles. The molecule has 1 heterocycles. The quantitative estimate of drug-likeness (QED) is 0.694. The molecule has 1 atom stereocenters. The van der Waals surface area contributed by atoms with Crippen molar-refractivity contribution in [2.45, 2.75) is 39.7 Å². The van der Waals surface area contributed by atoms with Gasteiger partial charge in [0.1, 0.15) is 0 Å². The van der Waals surface area contributed by atoms with E-state index in [0.29, 0.717) is 6.04 Å². The van der Waals surface area contributed by atoms with E-state index in [9.17, 15) is 0 Å². The number of nitrogens with one attached hydrogen (secondary N) is 2. The maximum Gasteiger partial charge on any atom is 0.00618 e. The zero-order valence-corrected chi connectivity index (χ0v) is 9.27. The Bertz CT molecular complexity index is 128. The van der Waals surface area contributed by atoms with Gasteiger partial charge in [-0.3, -0.25) is 0 Å². The van der Waals surface area contributed by atoms with E-state index in [1.54, 1.807) is 0 Å². The van der Waals surface area contributed by atoms with Crippen molar-refractivity contribution in [1.82, 2.24) is 10.6 Å². The van der Waals surface area contributed by atoms with Crippen LogP contribution in [-0.4, -0.2) is 25.7 Å². The van der Waals surface area contributed by atoms with E-state index in [4.69, 9.17) is 0 Å². The highest BCUT2D eigenvalue weighted by atomic mass is 14.9. The maximum absolute atomic E-state index is 3.62. The summed E-state index contributed by atoms with van der Waals surface area (Å²) in [6.45, 7) is 10.5. The van der Waals surface area contributed by atoms with E-state index in [1.807, 2.05) is 0 Å². The standard InChI is InChI=1S/C11H24N2/c1-9(2)10(3)13-8-11-4-6-12-7-5-11/h9-13H,4-8H2,1-3H3. The molecule has 0 amide bonds. The average Bonchev–Trinajstić information content (AvgIpc) is 2.15. The summed E-state index contributed by atoms with van der Waals surface area (Å²) < 4.78 is 0. The van der Waals surface area contributed by atoms with Gasteiger partial charge in [0.15, 0.2) is 0 Å². The van der Waals surface area contributed by atoms with Crippen molar-refractivity contribution < 1.29 is 0 Å². The predicted octanol–water partition coefficient (Wildman–Crippen LogP) is 1.62. The number of rotatable bonds is 4. The second-order valence-corrected chi connectivity index (χ2v) is 4.63. The van der Waals surface area contributed by atoms with Crippen molar-refractivity contribution in [2.24, 2.45) is 11.8 Å². The van der Waals surface area contributed by atoms with Gasteiger partial charge in [0.05, 0.1) is 0 Å². The monoisotopic (exact) mass is 184 g/mol. The Kier molecular flexibility index (Phi) is 4.74. The van der Waals surface area contributed by atoms with Gasteiger partial charge in [0.25, 0.3) is 0 Å². The molecule has 1 unspecified atom stereocenters. The fourth-order valence-corrected chi connectivity index (χ4v) is 1.67. The molecule has 0 spiro atoms. The first kappa shape index (κ1) is 11.0. The van der Waals surface area contributed by atoms with Gasteiger partial charge in [0, 0.05) is 6.04 Å². The van der Waals surface area contributed by atoms with Crippen LogP contribution in [0.2, 0.25) is 0 Å². The van der Waals surface area contributed by atoms with Gasteiger partial charge < -0.3 is 10.6 Å². The number of piperidine rings is 1. The summed E-state index contributed by atoms with van der Waals surface area (Å²) >= 11 is 0. The minimum absolute atomic E-state index is 0.662. The number of hydrogen-bond donors (Lipinski definition) is 2. The molecule has 1 fully saturated rings. The van der Waals surface area contributed by atoms with Crippen molar-refractivity contribution in [3.05, 3.63) is 0 Å². The van der Waals surface area contributed by atoms with Crippen LogP contribution in [0.15, 0.2) is 0 Å². The van der Waals surface area contributed by atoms with Crippen molar-refractivity contribution >= 4 is 0 Å². The predicted molar refractivity (Wildman–Crippen MR) is 57.9 cm³/mol. The van der Waals surface area contributed by atoms with Gasteiger partial charge in [-0.1, -0.05) is 13.8 Å². The summed E-state index contributed by atoms with van der Waals surface area (Å²) in [5, 5.41) is 7.02. The fourth-order valence-electron chi connectivity index (χ4n) is 1.67. The lowest BCUT2D eigenvalue weighted by atomic mass is 9.97. The Balaban J connectivity index is 2.10. The van der Waals surface area contributed by atoms with Gasteiger partial charge >= 0.3 is 0 Å². The van der Waals surface area contributed by atoms with Crippen LogP contribution in [0.1, 0.15) is 33.6 Å². The maximum atomic E-state index is 3.62. The summed E-state index contributed by atoms with van der Waals surface area (Å²) in [5.74, 6) is 1.66. The van der Waals surface area contributed by atoms with Crippen LogP contribution in [0, 0.1) is 11.8 Å². The molecule has 1 aliphatic heterocycles. The molecule has 0 aromatic rings. The Labute approximate surface area is 82.5 Å². The third-order valence-corrected chi connectivity index (χ3v) is 3.19. The molecule has 0 aliphatic carbocycles. The highest BCUT2D eigenvalue weighted by Crippen LogP contribution is 2.11. The van der Waals surface area contributed by atoms with E-state index in [-0.39, 0.29) is 0 Å². The fraction of sp³-hybridized carbons (Fsp3) is 1.00. The zero-order valence-electron chi connectivity index (χ0n) is 9.27. The topological polar surface area (TPSA) is 24.1 Å². The van der Waals surface area contributed by atoms with Crippen molar-refractivity contribution in [2.75, 3.05) is 19.6 Å². The van der Waals surface area contributed by atoms with Crippen LogP contribution in [0.4, 0.5) is 0 Å². The van der Waals surface area contributed by atoms with Crippen LogP contribution < -0.4 is 10.6 Å². The molecule has 0 bridgehead atoms. The summed E-state index contributed by atoms with van der Waals surface area (Å²) in [6, 6.07) is 0.662. The molecule has 2 nitrogen and oxygen atoms in total. The molecule has 1 aliphatic rings. The molecule has 0 saturated carbocycles. The van der Waals surface area contributed by atoms with Crippen LogP contribution in [0.3, 0.4) is 0 Å². The molecule has 78 valence electrons. The summed E-state index contributed by atoms with van der Waals surface area (Å²) in [5.41, 5.74) is 0. The largest absolute Gasteiger partial charge is 0.317 e. The minimum Gasteiger partial charge on any atom is -0.317 e. The molecule has 1 rings (SSSR count). The van der Waals surface area contributed by atoms with Gasteiger partial charge in [0.2, 0.25) is 0 Å². The summed E-state index contributed by atoms with van der Waals surface area (Å²) in [7, 11) is 0. The molecular weight excluding hydrogens is 160 g/mol. The molecule has 0 aromatic carbocycles. The van der Waals surface area contributed by atoms with Gasteiger partial charge in [-0.25, -0.2) is 0 Å². The lowest BCUT2D eigenvalue weighted by molar-refractivity contribution is 0.323. The first-order valence-electron chi connectivity index (χ1n) is 5.64. The average molecular weight is 184 g/mol. The van der Waals surface area contributed by atoms with Crippen LogP contribution in [0.5, 0.6) is 0 Å². The van der Waals surface area contributed by atoms with Crippen LogP contribution in [0.25, 0.3) is 0 Å². The smallest absolute Gasteiger partial charge is 0.00618 e. The zero-order chi connectivity index (χ0) is 9.68. The molecule has 2 heteroatoms. The Morgan fingerprint density at radius 3 is 2.38 bits per heavy atom. The molecular formula is C11H24N2. The van der Waals surface area contributed by atoms with Gasteiger partial charge in [-0.15, -0.1) is 0 Å². The highest BCUT2D eigenvalue weighted by molar-refractivity contribution is 4.73. The SMILES string of the molecule is CC(C)C(C)NCC1CCNCC1. The van der Waals surface area contributed by atoms with Crippen molar-refractivity contribution in [3.63, 3.8) is 0 Å². The number of hydrogen-bond acceptors (Lipinski definition) is 2. The lowest BCUT2D eigenvalue weighted by Gasteiger charge is -2.26. The third-order valence-electron chi connectivity index (χ3n) is 3.19.